The van der Waals surface area contributed by atoms with E-state index in [1.54, 1.807) is 10.9 Å². The molecule has 0 spiro atoms. The number of rotatable bonds is 3. The van der Waals surface area contributed by atoms with Crippen molar-refractivity contribution < 1.29 is 9.15 Å². The molecule has 1 aliphatic rings. The third-order valence-electron chi connectivity index (χ3n) is 5.87. The van der Waals surface area contributed by atoms with Gasteiger partial charge in [-0.15, -0.1) is 0 Å². The molecule has 0 fully saturated rings. The van der Waals surface area contributed by atoms with E-state index in [0.29, 0.717) is 24.4 Å². The van der Waals surface area contributed by atoms with Crippen molar-refractivity contribution in [2.45, 2.75) is 58.8 Å². The Bertz CT molecular complexity index is 1370. The minimum Gasteiger partial charge on any atom is -0.430 e. The van der Waals surface area contributed by atoms with Crippen LogP contribution >= 0.6 is 15.9 Å². The maximum Gasteiger partial charge on any atom is 0.297 e. The van der Waals surface area contributed by atoms with Crippen molar-refractivity contribution in [1.29, 1.82) is 0 Å². The molecule has 160 valence electrons. The lowest BCUT2D eigenvalue weighted by atomic mass is 9.87. The second-order valence-electron chi connectivity index (χ2n) is 9.10. The van der Waals surface area contributed by atoms with Gasteiger partial charge in [0.15, 0.2) is 0 Å². The van der Waals surface area contributed by atoms with Crippen molar-refractivity contribution in [3.63, 3.8) is 0 Å². The fourth-order valence-electron chi connectivity index (χ4n) is 4.30. The van der Waals surface area contributed by atoms with E-state index in [0.717, 1.165) is 38.7 Å². The second-order valence-corrected chi connectivity index (χ2v) is 10.0. The Labute approximate surface area is 188 Å². The number of ether oxygens (including phenoxy) is 1. The highest BCUT2D eigenvalue weighted by Crippen LogP contribution is 2.39. The molecule has 0 saturated carbocycles. The van der Waals surface area contributed by atoms with E-state index in [4.69, 9.17) is 14.1 Å². The predicted molar refractivity (Wildman–Crippen MR) is 123 cm³/mol. The average Bonchev–Trinajstić information content (AvgIpc) is 3.10. The summed E-state index contributed by atoms with van der Waals surface area (Å²) in [6.45, 7) is 9.32. The lowest BCUT2D eigenvalue weighted by Crippen LogP contribution is -2.33. The summed E-state index contributed by atoms with van der Waals surface area (Å²) < 4.78 is 14.7. The van der Waals surface area contributed by atoms with Crippen LogP contribution in [0.15, 0.2) is 44.3 Å². The Morgan fingerprint density at radius 2 is 1.94 bits per heavy atom. The molecule has 5 rings (SSSR count). The molecule has 4 heterocycles. The van der Waals surface area contributed by atoms with Crippen LogP contribution in [0.4, 0.5) is 0 Å². The fraction of sp³-hybridized carbons (Fsp3) is 0.375. The van der Waals surface area contributed by atoms with Gasteiger partial charge in [-0.25, -0.2) is 9.97 Å². The zero-order valence-corrected chi connectivity index (χ0v) is 19.6. The van der Waals surface area contributed by atoms with Crippen LogP contribution in [0, 0.1) is 0 Å². The molecule has 7 heteroatoms. The SMILES string of the molecule is CC(C)c1nc2oc3c(=O)n(Cc4ccc(Br)cc4)cnc3c2c2c1COC(C)(C)C2. The summed E-state index contributed by atoms with van der Waals surface area (Å²) in [6.07, 6.45) is 2.33. The molecule has 4 aromatic rings. The number of pyridine rings is 1. The fourth-order valence-corrected chi connectivity index (χ4v) is 4.56. The summed E-state index contributed by atoms with van der Waals surface area (Å²) in [5.74, 6) is 0.221. The predicted octanol–water partition coefficient (Wildman–Crippen LogP) is 5.32. The van der Waals surface area contributed by atoms with Gasteiger partial charge in [0.1, 0.15) is 5.52 Å². The standard InChI is InChI=1S/C24H24BrN3O3/c1-13(2)19-17-11-30-24(3,4)9-16(17)18-20-21(31-22(18)27-19)23(29)28(12-26-20)10-14-5-7-15(25)8-6-14/h5-8,12-13H,9-11H2,1-4H3. The van der Waals surface area contributed by atoms with Crippen molar-refractivity contribution in [2.24, 2.45) is 0 Å². The molecule has 0 aliphatic carbocycles. The third kappa shape index (κ3) is 3.49. The quantitative estimate of drug-likeness (QED) is 0.395. The van der Waals surface area contributed by atoms with Crippen LogP contribution in [-0.2, 0) is 24.3 Å². The minimum atomic E-state index is -0.296. The largest absolute Gasteiger partial charge is 0.430 e. The van der Waals surface area contributed by atoms with Crippen molar-refractivity contribution in [3.8, 4) is 0 Å². The smallest absolute Gasteiger partial charge is 0.297 e. The Balaban J connectivity index is 1.72. The number of hydrogen-bond donors (Lipinski definition) is 0. The van der Waals surface area contributed by atoms with Crippen LogP contribution in [0.1, 0.15) is 56.0 Å². The zero-order valence-electron chi connectivity index (χ0n) is 18.0. The highest BCUT2D eigenvalue weighted by molar-refractivity contribution is 9.10. The lowest BCUT2D eigenvalue weighted by molar-refractivity contribution is -0.0402. The molecule has 0 N–H and O–H groups in total. The van der Waals surface area contributed by atoms with Gasteiger partial charge in [0.2, 0.25) is 11.3 Å². The number of halogens is 1. The van der Waals surface area contributed by atoms with E-state index < -0.39 is 0 Å². The molecule has 0 bridgehead atoms. The van der Waals surface area contributed by atoms with Crippen molar-refractivity contribution in [3.05, 3.63) is 67.8 Å². The van der Waals surface area contributed by atoms with E-state index in [-0.39, 0.29) is 22.7 Å². The van der Waals surface area contributed by atoms with Crippen LogP contribution in [0.25, 0.3) is 22.2 Å². The van der Waals surface area contributed by atoms with Crippen LogP contribution in [-0.4, -0.2) is 20.1 Å². The van der Waals surface area contributed by atoms with Gasteiger partial charge in [-0.1, -0.05) is 41.9 Å². The van der Waals surface area contributed by atoms with E-state index >= 15 is 0 Å². The second kappa shape index (κ2) is 7.28. The first-order valence-electron chi connectivity index (χ1n) is 10.5. The number of hydrogen-bond acceptors (Lipinski definition) is 5. The molecule has 1 aromatic carbocycles. The van der Waals surface area contributed by atoms with Crippen LogP contribution < -0.4 is 5.56 Å². The summed E-state index contributed by atoms with van der Waals surface area (Å²) in [5, 5.41) is 0.846. The highest BCUT2D eigenvalue weighted by Gasteiger charge is 2.32. The van der Waals surface area contributed by atoms with Gasteiger partial charge in [-0.2, -0.15) is 0 Å². The normalized spacial score (nSPS) is 15.7. The molecule has 0 amide bonds. The molecular weight excluding hydrogens is 458 g/mol. The van der Waals surface area contributed by atoms with Crippen LogP contribution in [0.3, 0.4) is 0 Å². The molecule has 6 nitrogen and oxygen atoms in total. The molecule has 0 radical (unpaired) electrons. The van der Waals surface area contributed by atoms with Gasteiger partial charge in [0, 0.05) is 16.5 Å². The molecule has 0 unspecified atom stereocenters. The number of nitrogens with zero attached hydrogens (tertiary/aromatic N) is 3. The van der Waals surface area contributed by atoms with Gasteiger partial charge < -0.3 is 9.15 Å². The summed E-state index contributed by atoms with van der Waals surface area (Å²) >= 11 is 3.44. The van der Waals surface area contributed by atoms with Gasteiger partial charge in [0.25, 0.3) is 5.56 Å². The van der Waals surface area contributed by atoms with Crippen LogP contribution in [0.5, 0.6) is 0 Å². The number of aromatic nitrogens is 3. The Morgan fingerprint density at radius 1 is 1.19 bits per heavy atom. The van der Waals surface area contributed by atoms with Crippen molar-refractivity contribution in [1.82, 2.24) is 14.5 Å². The van der Waals surface area contributed by atoms with E-state index in [1.165, 1.54) is 0 Å². The Morgan fingerprint density at radius 3 is 2.65 bits per heavy atom. The summed E-state index contributed by atoms with van der Waals surface area (Å²) in [5.41, 5.74) is 5.06. The lowest BCUT2D eigenvalue weighted by Gasteiger charge is -2.33. The van der Waals surface area contributed by atoms with E-state index in [2.05, 4.69) is 48.6 Å². The van der Waals surface area contributed by atoms with Gasteiger partial charge >= 0.3 is 0 Å². The van der Waals surface area contributed by atoms with Gasteiger partial charge in [-0.05, 0) is 43.0 Å². The van der Waals surface area contributed by atoms with Gasteiger partial charge in [-0.3, -0.25) is 9.36 Å². The first kappa shape index (κ1) is 20.4. The summed E-state index contributed by atoms with van der Waals surface area (Å²) in [6, 6.07) is 7.88. The number of benzene rings is 1. The Hall–Kier alpha value is -2.51. The number of fused-ring (bicyclic) bond motifs is 5. The molecule has 3 aromatic heterocycles. The molecule has 31 heavy (non-hydrogen) atoms. The van der Waals surface area contributed by atoms with Gasteiger partial charge in [0.05, 0.1) is 36.2 Å². The van der Waals surface area contributed by atoms with Crippen LogP contribution in [0.2, 0.25) is 0 Å². The minimum absolute atomic E-state index is 0.197. The molecule has 1 aliphatic heterocycles. The highest BCUT2D eigenvalue weighted by atomic mass is 79.9. The first-order chi connectivity index (χ1) is 14.7. The summed E-state index contributed by atoms with van der Waals surface area (Å²) in [7, 11) is 0. The molecule has 0 saturated heterocycles. The monoisotopic (exact) mass is 481 g/mol. The third-order valence-corrected chi connectivity index (χ3v) is 6.39. The average molecular weight is 482 g/mol. The van der Waals surface area contributed by atoms with Crippen molar-refractivity contribution in [2.75, 3.05) is 0 Å². The van der Waals surface area contributed by atoms with Crippen molar-refractivity contribution >= 4 is 38.1 Å². The maximum absolute atomic E-state index is 13.3. The first-order valence-corrected chi connectivity index (χ1v) is 11.2. The zero-order chi connectivity index (χ0) is 21.9. The van der Waals surface area contributed by atoms with E-state index in [9.17, 15) is 4.79 Å². The number of furan rings is 1. The van der Waals surface area contributed by atoms with E-state index in [1.807, 2.05) is 24.3 Å². The molecule has 0 atom stereocenters. The summed E-state index contributed by atoms with van der Waals surface area (Å²) in [4.78, 5) is 22.7. The topological polar surface area (TPSA) is 70.2 Å². The maximum atomic E-state index is 13.3. The molecular formula is C24H24BrN3O3. The Kier molecular flexibility index (Phi) is 4.79.